The summed E-state index contributed by atoms with van der Waals surface area (Å²) in [4.78, 5) is 24.8. The maximum absolute atomic E-state index is 12.8. The van der Waals surface area contributed by atoms with Gasteiger partial charge in [0.2, 0.25) is 0 Å². The zero-order chi connectivity index (χ0) is 17.3. The van der Waals surface area contributed by atoms with Crippen LogP contribution in [0.2, 0.25) is 10.0 Å². The van der Waals surface area contributed by atoms with Crippen molar-refractivity contribution in [2.45, 2.75) is 6.92 Å². The monoisotopic (exact) mass is 362 g/mol. The molecule has 122 valence electrons. The summed E-state index contributed by atoms with van der Waals surface area (Å²) in [6.45, 7) is 1.93. The molecule has 0 amide bonds. The minimum Gasteiger partial charge on any atom is -0.461 e. The molecule has 5 nitrogen and oxygen atoms in total. The summed E-state index contributed by atoms with van der Waals surface area (Å²) in [7, 11) is 0. The molecule has 0 fully saturated rings. The molecule has 0 saturated carbocycles. The van der Waals surface area contributed by atoms with Crippen LogP contribution in [0.4, 0.5) is 0 Å². The molecular weight excluding hydrogens is 351 g/mol. The number of nitrogens with zero attached hydrogens (tertiary/aromatic N) is 2. The molecule has 3 aromatic rings. The van der Waals surface area contributed by atoms with Crippen molar-refractivity contribution in [2.75, 3.05) is 6.61 Å². The molecule has 0 N–H and O–H groups in total. The molecule has 1 heterocycles. The minimum absolute atomic E-state index is 0.0980. The van der Waals surface area contributed by atoms with Gasteiger partial charge in [-0.25, -0.2) is 4.79 Å². The number of halogens is 2. The van der Waals surface area contributed by atoms with Crippen molar-refractivity contribution in [2.24, 2.45) is 0 Å². The van der Waals surface area contributed by atoms with Gasteiger partial charge in [-0.2, -0.15) is 9.78 Å². The van der Waals surface area contributed by atoms with Gasteiger partial charge in [-0.15, -0.1) is 0 Å². The Morgan fingerprint density at radius 3 is 2.58 bits per heavy atom. The van der Waals surface area contributed by atoms with Crippen molar-refractivity contribution >= 4 is 46.0 Å². The second-order valence-electron chi connectivity index (χ2n) is 4.93. The number of carbonyl (C=O) groups is 2. The highest BCUT2D eigenvalue weighted by Crippen LogP contribution is 2.25. The van der Waals surface area contributed by atoms with Crippen molar-refractivity contribution in [1.82, 2.24) is 9.78 Å². The van der Waals surface area contributed by atoms with E-state index in [1.807, 2.05) is 0 Å². The van der Waals surface area contributed by atoms with Crippen molar-refractivity contribution in [3.05, 3.63) is 63.8 Å². The summed E-state index contributed by atoms with van der Waals surface area (Å²) in [5.41, 5.74) is 0.922. The summed E-state index contributed by atoms with van der Waals surface area (Å²) >= 11 is 11.9. The molecule has 0 aliphatic heterocycles. The highest BCUT2D eigenvalue weighted by molar-refractivity contribution is 6.42. The van der Waals surface area contributed by atoms with Crippen LogP contribution < -0.4 is 0 Å². The van der Waals surface area contributed by atoms with Crippen LogP contribution in [0.1, 0.15) is 27.8 Å². The van der Waals surface area contributed by atoms with Gasteiger partial charge in [0.15, 0.2) is 5.69 Å². The van der Waals surface area contributed by atoms with E-state index in [1.54, 1.807) is 37.3 Å². The molecule has 2 aromatic carbocycles. The molecule has 0 atom stereocenters. The third-order valence-corrected chi connectivity index (χ3v) is 4.15. The number of ether oxygens (including phenoxy) is 1. The third kappa shape index (κ3) is 2.88. The molecule has 0 saturated heterocycles. The van der Waals surface area contributed by atoms with Crippen LogP contribution in [-0.2, 0) is 4.74 Å². The highest BCUT2D eigenvalue weighted by atomic mass is 35.5. The van der Waals surface area contributed by atoms with E-state index in [-0.39, 0.29) is 17.3 Å². The lowest BCUT2D eigenvalue weighted by molar-refractivity contribution is 0.0521. The van der Waals surface area contributed by atoms with Crippen molar-refractivity contribution in [1.29, 1.82) is 0 Å². The molecule has 3 rings (SSSR count). The normalized spacial score (nSPS) is 10.8. The summed E-state index contributed by atoms with van der Waals surface area (Å²) in [5, 5.41) is 5.32. The van der Waals surface area contributed by atoms with Crippen molar-refractivity contribution in [3.63, 3.8) is 0 Å². The van der Waals surface area contributed by atoms with E-state index >= 15 is 0 Å². The Hall–Kier alpha value is -2.37. The van der Waals surface area contributed by atoms with E-state index < -0.39 is 11.9 Å². The number of esters is 1. The first-order valence-electron chi connectivity index (χ1n) is 7.17. The molecule has 0 spiro atoms. The molecule has 1 aromatic heterocycles. The van der Waals surface area contributed by atoms with Crippen molar-refractivity contribution in [3.8, 4) is 0 Å². The SMILES string of the molecule is CCOC(=O)c1nn(C(=O)c2ccc(Cl)c(Cl)c2)c2ccccc12. The zero-order valence-corrected chi connectivity index (χ0v) is 14.1. The second kappa shape index (κ2) is 6.63. The summed E-state index contributed by atoms with van der Waals surface area (Å²) in [6, 6.07) is 11.5. The largest absolute Gasteiger partial charge is 0.461 e. The quantitative estimate of drug-likeness (QED) is 0.654. The predicted octanol–water partition coefficient (Wildman–Crippen LogP) is 4.21. The first-order chi connectivity index (χ1) is 11.5. The summed E-state index contributed by atoms with van der Waals surface area (Å²) in [5.74, 6) is -0.991. The van der Waals surface area contributed by atoms with Crippen LogP contribution in [0.3, 0.4) is 0 Å². The fourth-order valence-corrected chi connectivity index (χ4v) is 2.62. The molecule has 24 heavy (non-hydrogen) atoms. The van der Waals surface area contributed by atoms with Crippen molar-refractivity contribution < 1.29 is 14.3 Å². The average Bonchev–Trinajstić information content (AvgIpc) is 2.97. The van der Waals surface area contributed by atoms with E-state index in [0.717, 1.165) is 0 Å². The zero-order valence-electron chi connectivity index (χ0n) is 12.6. The van der Waals surface area contributed by atoms with Crippen LogP contribution in [0, 0.1) is 0 Å². The van der Waals surface area contributed by atoms with Crippen LogP contribution >= 0.6 is 23.2 Å². The Labute approximate surface area is 147 Å². The van der Waals surface area contributed by atoms with Gasteiger partial charge in [-0.05, 0) is 31.2 Å². The Morgan fingerprint density at radius 1 is 1.12 bits per heavy atom. The van der Waals surface area contributed by atoms with E-state index in [4.69, 9.17) is 27.9 Å². The van der Waals surface area contributed by atoms with Gasteiger partial charge in [0, 0.05) is 10.9 Å². The third-order valence-electron chi connectivity index (χ3n) is 3.42. The van der Waals surface area contributed by atoms with E-state index in [2.05, 4.69) is 5.10 Å². The Kier molecular flexibility index (Phi) is 4.55. The van der Waals surface area contributed by atoms with E-state index in [1.165, 1.54) is 16.8 Å². The molecule has 0 bridgehead atoms. The molecule has 0 aliphatic rings. The first kappa shape index (κ1) is 16.5. The standard InChI is InChI=1S/C17H12Cl2N2O3/c1-2-24-17(23)15-11-5-3-4-6-14(11)21(20-15)16(22)10-7-8-12(18)13(19)9-10/h3-9H,2H2,1H3. The lowest BCUT2D eigenvalue weighted by atomic mass is 10.2. The van der Waals surface area contributed by atoms with Gasteiger partial charge in [0.05, 0.1) is 22.2 Å². The van der Waals surface area contributed by atoms with Crippen LogP contribution in [0.25, 0.3) is 10.9 Å². The first-order valence-corrected chi connectivity index (χ1v) is 7.93. The van der Waals surface area contributed by atoms with Gasteiger partial charge in [-0.1, -0.05) is 41.4 Å². The number of benzene rings is 2. The molecule has 7 heteroatoms. The summed E-state index contributed by atoms with van der Waals surface area (Å²) < 4.78 is 6.17. The molecule has 0 radical (unpaired) electrons. The van der Waals surface area contributed by atoms with Crippen LogP contribution in [-0.4, -0.2) is 28.3 Å². The molecule has 0 unspecified atom stereocenters. The maximum Gasteiger partial charge on any atom is 0.359 e. The average molecular weight is 363 g/mol. The van der Waals surface area contributed by atoms with Crippen LogP contribution in [0.5, 0.6) is 0 Å². The summed E-state index contributed by atoms with van der Waals surface area (Å²) in [6.07, 6.45) is 0. The van der Waals surface area contributed by atoms with Crippen LogP contribution in [0.15, 0.2) is 42.5 Å². The lowest BCUT2D eigenvalue weighted by Crippen LogP contribution is -2.15. The predicted molar refractivity (Wildman–Crippen MR) is 91.9 cm³/mol. The number of hydrogen-bond acceptors (Lipinski definition) is 4. The smallest absolute Gasteiger partial charge is 0.359 e. The molecular formula is C17H12Cl2N2O3. The van der Waals surface area contributed by atoms with E-state index in [0.29, 0.717) is 21.5 Å². The fourth-order valence-electron chi connectivity index (χ4n) is 2.32. The van der Waals surface area contributed by atoms with Gasteiger partial charge in [-0.3, -0.25) is 4.79 Å². The number of carbonyl (C=O) groups excluding carboxylic acids is 2. The number of hydrogen-bond donors (Lipinski definition) is 0. The Balaban J connectivity index is 2.13. The lowest BCUT2D eigenvalue weighted by Gasteiger charge is -2.04. The molecule has 0 aliphatic carbocycles. The van der Waals surface area contributed by atoms with Gasteiger partial charge >= 0.3 is 5.97 Å². The topological polar surface area (TPSA) is 61.2 Å². The highest BCUT2D eigenvalue weighted by Gasteiger charge is 2.22. The second-order valence-corrected chi connectivity index (χ2v) is 5.75. The van der Waals surface area contributed by atoms with Gasteiger partial charge < -0.3 is 4.74 Å². The Bertz CT molecular complexity index is 950. The Morgan fingerprint density at radius 2 is 1.88 bits per heavy atom. The number of rotatable bonds is 3. The van der Waals surface area contributed by atoms with Gasteiger partial charge in [0.1, 0.15) is 0 Å². The number of aromatic nitrogens is 2. The number of para-hydroxylation sites is 1. The minimum atomic E-state index is -0.575. The van der Waals surface area contributed by atoms with Gasteiger partial charge in [0.25, 0.3) is 5.91 Å². The van der Waals surface area contributed by atoms with E-state index in [9.17, 15) is 9.59 Å². The fraction of sp³-hybridized carbons (Fsp3) is 0.118. The number of fused-ring (bicyclic) bond motifs is 1. The maximum atomic E-state index is 12.8.